The zero-order chi connectivity index (χ0) is 12.8. The van der Waals surface area contributed by atoms with Gasteiger partial charge in [0.05, 0.1) is 18.9 Å². The molecule has 1 saturated heterocycles. The molecule has 1 unspecified atom stereocenters. The maximum absolute atomic E-state index is 9.68. The lowest BCUT2D eigenvalue weighted by Crippen LogP contribution is -2.49. The van der Waals surface area contributed by atoms with Gasteiger partial charge >= 0.3 is 0 Å². The molecule has 0 saturated carbocycles. The van der Waals surface area contributed by atoms with E-state index < -0.39 is 6.10 Å². The molecule has 0 radical (unpaired) electrons. The highest BCUT2D eigenvalue weighted by Crippen LogP contribution is 2.11. The van der Waals surface area contributed by atoms with Crippen molar-refractivity contribution in [1.29, 1.82) is 0 Å². The van der Waals surface area contributed by atoms with E-state index in [1.165, 1.54) is 0 Å². The predicted molar refractivity (Wildman–Crippen MR) is 76.7 cm³/mol. The smallest absolute Gasteiger partial charge is 0.147 e. The predicted octanol–water partition coefficient (Wildman–Crippen LogP) is 0.326. The molecule has 1 aromatic heterocycles. The van der Waals surface area contributed by atoms with Crippen LogP contribution in [0, 0.1) is 0 Å². The van der Waals surface area contributed by atoms with Gasteiger partial charge in [-0.1, -0.05) is 0 Å². The van der Waals surface area contributed by atoms with Crippen molar-refractivity contribution in [2.45, 2.75) is 6.10 Å². The summed E-state index contributed by atoms with van der Waals surface area (Å²) < 4.78 is 4.90. The van der Waals surface area contributed by atoms with Crippen LogP contribution >= 0.6 is 23.0 Å². The number of rotatable bonds is 5. The number of halogens is 1. The minimum Gasteiger partial charge on any atom is -0.389 e. The lowest BCUT2D eigenvalue weighted by molar-refractivity contribution is 0.0800. The monoisotopic (exact) mass is 364 g/mol. The molecule has 1 aromatic rings. The van der Waals surface area contributed by atoms with Crippen LogP contribution in [-0.2, 0) is 3.07 Å². The van der Waals surface area contributed by atoms with Crippen LogP contribution in [0.15, 0.2) is 18.6 Å². The normalized spacial score (nSPS) is 18.9. The molecule has 0 aliphatic carbocycles. The van der Waals surface area contributed by atoms with E-state index >= 15 is 0 Å². The van der Waals surface area contributed by atoms with E-state index in [-0.39, 0.29) is 0 Å². The van der Waals surface area contributed by atoms with E-state index in [0.29, 0.717) is 13.2 Å². The first-order valence-electron chi connectivity index (χ1n) is 5.94. The van der Waals surface area contributed by atoms with Gasteiger partial charge in [-0.25, -0.2) is 4.98 Å². The van der Waals surface area contributed by atoms with E-state index in [1.807, 2.05) is 0 Å². The first-order valence-corrected chi connectivity index (χ1v) is 6.82. The second-order valence-electron chi connectivity index (χ2n) is 4.28. The zero-order valence-electron chi connectivity index (χ0n) is 10.1. The summed E-state index contributed by atoms with van der Waals surface area (Å²) in [5.41, 5.74) is 0. The summed E-state index contributed by atoms with van der Waals surface area (Å²) in [7, 11) is 0. The molecule has 7 heteroatoms. The fourth-order valence-corrected chi connectivity index (χ4v) is 2.45. The number of nitrogens with zero attached hydrogens (tertiary/aromatic N) is 4. The lowest BCUT2D eigenvalue weighted by atomic mass is 10.2. The van der Waals surface area contributed by atoms with Crippen LogP contribution in [0.2, 0.25) is 0 Å². The topological polar surface area (TPSA) is 61.7 Å². The van der Waals surface area contributed by atoms with Gasteiger partial charge in [-0.05, 0) is 0 Å². The van der Waals surface area contributed by atoms with Gasteiger partial charge in [-0.2, -0.15) is 0 Å². The summed E-state index contributed by atoms with van der Waals surface area (Å²) in [6, 6.07) is 0. The maximum Gasteiger partial charge on any atom is 0.147 e. The molecule has 0 amide bonds. The minimum absolute atomic E-state index is 0.380. The fraction of sp³-hybridized carbons (Fsp3) is 0.636. The number of aromatic nitrogens is 2. The Morgan fingerprint density at radius 1 is 1.33 bits per heavy atom. The van der Waals surface area contributed by atoms with Gasteiger partial charge in [0.15, 0.2) is 0 Å². The van der Waals surface area contributed by atoms with Crippen molar-refractivity contribution < 1.29 is 8.17 Å². The summed E-state index contributed by atoms with van der Waals surface area (Å²) >= 11 is 1.81. The van der Waals surface area contributed by atoms with Crippen LogP contribution in [0.4, 0.5) is 5.82 Å². The summed E-state index contributed by atoms with van der Waals surface area (Å²) in [5, 5.41) is 9.68. The van der Waals surface area contributed by atoms with Crippen LogP contribution in [0.5, 0.6) is 0 Å². The Balaban J connectivity index is 1.78. The molecular weight excluding hydrogens is 347 g/mol. The van der Waals surface area contributed by atoms with Crippen molar-refractivity contribution in [3.63, 3.8) is 0 Å². The molecule has 1 aliphatic rings. The van der Waals surface area contributed by atoms with Gasteiger partial charge in [-0.3, -0.25) is 9.88 Å². The first-order chi connectivity index (χ1) is 8.79. The molecule has 0 spiro atoms. The quantitative estimate of drug-likeness (QED) is 0.760. The number of aliphatic hydroxyl groups is 1. The summed E-state index contributed by atoms with van der Waals surface area (Å²) in [5.74, 6) is 0.924. The highest BCUT2D eigenvalue weighted by molar-refractivity contribution is 14.1. The van der Waals surface area contributed by atoms with Crippen LogP contribution in [0.1, 0.15) is 0 Å². The molecule has 0 bridgehead atoms. The molecule has 100 valence electrons. The third kappa shape index (κ3) is 4.01. The Bertz CT molecular complexity index is 346. The zero-order valence-corrected chi connectivity index (χ0v) is 12.2. The van der Waals surface area contributed by atoms with E-state index in [9.17, 15) is 5.11 Å². The molecule has 0 aromatic carbocycles. The standard InChI is InChI=1S/C11H17IN4O2/c12-18-9-10(17)8-15-3-5-16(6-4-15)11-7-13-1-2-14-11/h1-2,7,10,17H,3-6,8-9H2. The van der Waals surface area contributed by atoms with Crippen LogP contribution in [0.25, 0.3) is 0 Å². The van der Waals surface area contributed by atoms with Crippen molar-refractivity contribution in [1.82, 2.24) is 14.9 Å². The molecule has 18 heavy (non-hydrogen) atoms. The number of piperazine rings is 1. The van der Waals surface area contributed by atoms with E-state index in [4.69, 9.17) is 3.07 Å². The molecule has 1 N–H and O–H groups in total. The van der Waals surface area contributed by atoms with Crippen LogP contribution < -0.4 is 4.90 Å². The van der Waals surface area contributed by atoms with Crippen molar-refractivity contribution in [3.8, 4) is 0 Å². The molecule has 2 rings (SSSR count). The van der Waals surface area contributed by atoms with Gasteiger partial charge in [0.25, 0.3) is 0 Å². The maximum atomic E-state index is 9.68. The number of anilines is 1. The molecule has 1 atom stereocenters. The largest absolute Gasteiger partial charge is 0.389 e. The number of aliphatic hydroxyl groups excluding tert-OH is 1. The Hall–Kier alpha value is -0.510. The summed E-state index contributed by atoms with van der Waals surface area (Å²) in [6.45, 7) is 4.72. The molecular formula is C11H17IN4O2. The third-order valence-corrected chi connectivity index (χ3v) is 3.33. The van der Waals surface area contributed by atoms with Gasteiger partial charge < -0.3 is 13.1 Å². The summed E-state index contributed by atoms with van der Waals surface area (Å²) in [6.07, 6.45) is 4.77. The second-order valence-corrected chi connectivity index (χ2v) is 4.90. The Morgan fingerprint density at radius 2 is 2.11 bits per heavy atom. The Labute approximate surface area is 121 Å². The number of hydrogen-bond donors (Lipinski definition) is 1. The van der Waals surface area contributed by atoms with Gasteiger partial charge in [0, 0.05) is 45.1 Å². The highest BCUT2D eigenvalue weighted by atomic mass is 127. The number of hydrogen-bond acceptors (Lipinski definition) is 6. The average Bonchev–Trinajstić information content (AvgIpc) is 2.41. The Morgan fingerprint density at radius 3 is 2.72 bits per heavy atom. The van der Waals surface area contributed by atoms with Gasteiger partial charge in [0.2, 0.25) is 0 Å². The van der Waals surface area contributed by atoms with Gasteiger partial charge in [-0.15, -0.1) is 0 Å². The third-order valence-electron chi connectivity index (χ3n) is 2.97. The van der Waals surface area contributed by atoms with Crippen molar-refractivity contribution in [2.24, 2.45) is 0 Å². The molecule has 1 aliphatic heterocycles. The molecule has 2 heterocycles. The van der Waals surface area contributed by atoms with E-state index in [1.54, 1.807) is 41.6 Å². The van der Waals surface area contributed by atoms with Crippen molar-refractivity contribution in [2.75, 3.05) is 44.2 Å². The number of β-amino-alcohol motifs (C(OH)–C–C–N with tert-alkyl or cyclic N) is 1. The fourth-order valence-electron chi connectivity index (χ4n) is 2.04. The van der Waals surface area contributed by atoms with Crippen molar-refractivity contribution >= 4 is 28.8 Å². The lowest BCUT2D eigenvalue weighted by Gasteiger charge is -2.35. The van der Waals surface area contributed by atoms with Crippen LogP contribution in [-0.4, -0.2) is 65.4 Å². The molecule has 1 fully saturated rings. The van der Waals surface area contributed by atoms with E-state index in [0.717, 1.165) is 32.0 Å². The van der Waals surface area contributed by atoms with Gasteiger partial charge in [0.1, 0.15) is 28.8 Å². The SMILES string of the molecule is OC(COI)CN1CCN(c2cnccn2)CC1. The first kappa shape index (κ1) is 13.9. The van der Waals surface area contributed by atoms with Crippen molar-refractivity contribution in [3.05, 3.63) is 18.6 Å². The second kappa shape index (κ2) is 7.17. The van der Waals surface area contributed by atoms with Crippen LogP contribution in [0.3, 0.4) is 0 Å². The average molecular weight is 364 g/mol. The summed E-state index contributed by atoms with van der Waals surface area (Å²) in [4.78, 5) is 12.8. The minimum atomic E-state index is -0.412. The highest BCUT2D eigenvalue weighted by Gasteiger charge is 2.19. The van der Waals surface area contributed by atoms with E-state index in [2.05, 4.69) is 19.8 Å². The molecule has 6 nitrogen and oxygen atoms in total. The Kier molecular flexibility index (Phi) is 5.54.